The maximum absolute atomic E-state index is 6.40. The van der Waals surface area contributed by atoms with Crippen LogP contribution in [0.15, 0.2) is 47.1 Å². The minimum atomic E-state index is -0.419. The van der Waals surface area contributed by atoms with Crippen molar-refractivity contribution in [2.24, 2.45) is 5.73 Å². The summed E-state index contributed by atoms with van der Waals surface area (Å²) in [5.74, 6) is 0.448. The Bertz CT molecular complexity index is 796. The van der Waals surface area contributed by atoms with Gasteiger partial charge in [0.1, 0.15) is 5.82 Å². The number of aromatic nitrogens is 2. The number of hydrogen-bond donors (Lipinski definition) is 2. The molecule has 1 aromatic carbocycles. The minimum Gasteiger partial charge on any atom is -0.383 e. The normalized spacial score (nSPS) is 12.5. The Labute approximate surface area is 131 Å². The fourth-order valence-electron chi connectivity index (χ4n) is 2.46. The third kappa shape index (κ3) is 2.50. The van der Waals surface area contributed by atoms with Crippen LogP contribution < -0.4 is 11.5 Å². The molecule has 0 spiro atoms. The van der Waals surface area contributed by atoms with Crippen LogP contribution in [0.4, 0.5) is 5.82 Å². The number of nitrogens with zero attached hydrogens (tertiary/aromatic N) is 2. The Morgan fingerprint density at radius 3 is 2.71 bits per heavy atom. The molecular weight excluding hydrogens is 328 g/mol. The van der Waals surface area contributed by atoms with Gasteiger partial charge in [0, 0.05) is 21.6 Å². The van der Waals surface area contributed by atoms with E-state index in [0.717, 1.165) is 32.2 Å². The molecule has 3 rings (SSSR count). The molecule has 4 nitrogen and oxygen atoms in total. The van der Waals surface area contributed by atoms with Crippen LogP contribution in [-0.2, 0) is 0 Å². The molecule has 0 saturated carbocycles. The number of hydrogen-bond acceptors (Lipinski definition) is 4. The molecule has 0 aliphatic carbocycles. The Kier molecular flexibility index (Phi) is 3.61. The molecule has 2 heterocycles. The summed E-state index contributed by atoms with van der Waals surface area (Å²) in [7, 11) is 0. The van der Waals surface area contributed by atoms with E-state index in [1.54, 1.807) is 6.20 Å². The van der Waals surface area contributed by atoms with Gasteiger partial charge in [0.25, 0.3) is 0 Å². The van der Waals surface area contributed by atoms with Crippen LogP contribution in [0.5, 0.6) is 0 Å². The zero-order chi connectivity index (χ0) is 15.0. The van der Waals surface area contributed by atoms with Crippen LogP contribution >= 0.6 is 15.9 Å². The number of anilines is 1. The van der Waals surface area contributed by atoms with Gasteiger partial charge in [-0.2, -0.15) is 0 Å². The molecular formula is C16H15BrN4. The molecule has 5 heteroatoms. The highest BCUT2D eigenvalue weighted by Gasteiger charge is 2.19. The second-order valence-electron chi connectivity index (χ2n) is 4.95. The van der Waals surface area contributed by atoms with Crippen molar-refractivity contribution < 1.29 is 0 Å². The van der Waals surface area contributed by atoms with Crippen LogP contribution in [0.25, 0.3) is 10.9 Å². The number of rotatable bonds is 2. The van der Waals surface area contributed by atoms with Gasteiger partial charge in [0.15, 0.2) is 0 Å². The Hall–Kier alpha value is -1.98. The molecule has 0 aliphatic heterocycles. The number of para-hydroxylation sites is 1. The lowest BCUT2D eigenvalue weighted by Gasteiger charge is -2.17. The summed E-state index contributed by atoms with van der Waals surface area (Å²) >= 11 is 3.56. The molecule has 106 valence electrons. The highest BCUT2D eigenvalue weighted by atomic mass is 79.9. The largest absolute Gasteiger partial charge is 0.383 e. The zero-order valence-electron chi connectivity index (χ0n) is 11.5. The van der Waals surface area contributed by atoms with Gasteiger partial charge in [-0.1, -0.05) is 18.2 Å². The lowest BCUT2D eigenvalue weighted by atomic mass is 9.99. The molecule has 4 N–H and O–H groups in total. The van der Waals surface area contributed by atoms with E-state index in [1.807, 2.05) is 43.3 Å². The molecule has 0 radical (unpaired) electrons. The van der Waals surface area contributed by atoms with E-state index in [4.69, 9.17) is 11.5 Å². The van der Waals surface area contributed by atoms with E-state index in [9.17, 15) is 0 Å². The molecule has 2 aromatic heterocycles. The SMILES string of the molecule is Cc1ccnc(N)c1C(N)c1nc2ccccc2cc1Br. The van der Waals surface area contributed by atoms with Gasteiger partial charge in [-0.25, -0.2) is 9.97 Å². The Morgan fingerprint density at radius 1 is 1.19 bits per heavy atom. The van der Waals surface area contributed by atoms with Crippen molar-refractivity contribution in [1.29, 1.82) is 0 Å². The highest BCUT2D eigenvalue weighted by Crippen LogP contribution is 2.31. The second kappa shape index (κ2) is 5.42. The van der Waals surface area contributed by atoms with Crippen LogP contribution in [0.2, 0.25) is 0 Å². The predicted octanol–water partition coefficient (Wildman–Crippen LogP) is 3.33. The fourth-order valence-corrected chi connectivity index (χ4v) is 3.04. The van der Waals surface area contributed by atoms with Gasteiger partial charge in [-0.05, 0) is 46.6 Å². The van der Waals surface area contributed by atoms with Crippen LogP contribution in [0.3, 0.4) is 0 Å². The second-order valence-corrected chi connectivity index (χ2v) is 5.81. The van der Waals surface area contributed by atoms with E-state index < -0.39 is 6.04 Å². The number of pyridine rings is 2. The molecule has 21 heavy (non-hydrogen) atoms. The van der Waals surface area contributed by atoms with Crippen molar-refractivity contribution in [3.63, 3.8) is 0 Å². The zero-order valence-corrected chi connectivity index (χ0v) is 13.1. The monoisotopic (exact) mass is 342 g/mol. The number of halogens is 1. The summed E-state index contributed by atoms with van der Waals surface area (Å²) in [5.41, 5.74) is 15.9. The number of aryl methyl sites for hydroxylation is 1. The van der Waals surface area contributed by atoms with E-state index in [1.165, 1.54) is 0 Å². The first-order chi connectivity index (χ1) is 10.1. The molecule has 3 aromatic rings. The van der Waals surface area contributed by atoms with Crippen molar-refractivity contribution in [2.45, 2.75) is 13.0 Å². The van der Waals surface area contributed by atoms with E-state index in [-0.39, 0.29) is 0 Å². The average Bonchev–Trinajstić information content (AvgIpc) is 2.46. The van der Waals surface area contributed by atoms with Crippen LogP contribution in [-0.4, -0.2) is 9.97 Å². The summed E-state index contributed by atoms with van der Waals surface area (Å²) in [6.45, 7) is 1.97. The van der Waals surface area contributed by atoms with Crippen molar-refractivity contribution >= 4 is 32.7 Å². The molecule has 1 unspecified atom stereocenters. The van der Waals surface area contributed by atoms with E-state index >= 15 is 0 Å². The van der Waals surface area contributed by atoms with Gasteiger partial charge in [-0.3, -0.25) is 0 Å². The molecule has 0 amide bonds. The maximum atomic E-state index is 6.40. The van der Waals surface area contributed by atoms with Gasteiger partial charge < -0.3 is 11.5 Å². The minimum absolute atomic E-state index is 0.419. The third-order valence-corrected chi connectivity index (χ3v) is 4.18. The number of nitrogens with two attached hydrogens (primary N) is 2. The summed E-state index contributed by atoms with van der Waals surface area (Å²) in [6.07, 6.45) is 1.68. The van der Waals surface area contributed by atoms with Crippen LogP contribution in [0, 0.1) is 6.92 Å². The first-order valence-electron chi connectivity index (χ1n) is 6.59. The Balaban J connectivity index is 2.17. The number of nitrogen functional groups attached to an aromatic ring is 1. The predicted molar refractivity (Wildman–Crippen MR) is 88.9 cm³/mol. The first kappa shape index (κ1) is 14.0. The lowest BCUT2D eigenvalue weighted by molar-refractivity contribution is 0.819. The topological polar surface area (TPSA) is 77.8 Å². The van der Waals surface area contributed by atoms with Gasteiger partial charge in [0.05, 0.1) is 17.3 Å². The van der Waals surface area contributed by atoms with E-state index in [0.29, 0.717) is 5.82 Å². The quantitative estimate of drug-likeness (QED) is 0.748. The molecule has 1 atom stereocenters. The number of fused-ring (bicyclic) bond motifs is 1. The van der Waals surface area contributed by atoms with E-state index in [2.05, 4.69) is 25.9 Å². The Morgan fingerprint density at radius 2 is 1.95 bits per heavy atom. The summed E-state index contributed by atoms with van der Waals surface area (Å²) in [6, 6.07) is 11.4. The van der Waals surface area contributed by atoms with Gasteiger partial charge >= 0.3 is 0 Å². The highest BCUT2D eigenvalue weighted by molar-refractivity contribution is 9.10. The first-order valence-corrected chi connectivity index (χ1v) is 7.39. The van der Waals surface area contributed by atoms with Crippen LogP contribution in [0.1, 0.15) is 22.9 Å². The van der Waals surface area contributed by atoms with Gasteiger partial charge in [-0.15, -0.1) is 0 Å². The standard InChI is InChI=1S/C16H15BrN4/c1-9-6-7-20-16(19)13(9)14(18)15-11(17)8-10-4-2-3-5-12(10)21-15/h2-8,14H,18H2,1H3,(H2,19,20). The summed E-state index contributed by atoms with van der Waals surface area (Å²) in [5, 5.41) is 1.07. The van der Waals surface area contributed by atoms with Crippen molar-refractivity contribution in [3.8, 4) is 0 Å². The molecule has 0 aliphatic rings. The average molecular weight is 343 g/mol. The molecule has 0 saturated heterocycles. The summed E-state index contributed by atoms with van der Waals surface area (Å²) in [4.78, 5) is 8.81. The number of benzene rings is 1. The molecule has 0 fully saturated rings. The van der Waals surface area contributed by atoms with Crippen molar-refractivity contribution in [2.75, 3.05) is 5.73 Å². The molecule has 0 bridgehead atoms. The van der Waals surface area contributed by atoms with Crippen molar-refractivity contribution in [1.82, 2.24) is 9.97 Å². The smallest absolute Gasteiger partial charge is 0.128 e. The summed E-state index contributed by atoms with van der Waals surface area (Å²) < 4.78 is 0.872. The fraction of sp³-hybridized carbons (Fsp3) is 0.125. The van der Waals surface area contributed by atoms with Crippen molar-refractivity contribution in [3.05, 3.63) is 63.9 Å². The third-order valence-electron chi connectivity index (χ3n) is 3.55. The maximum Gasteiger partial charge on any atom is 0.128 e. The lowest BCUT2D eigenvalue weighted by Crippen LogP contribution is -2.18. The van der Waals surface area contributed by atoms with Gasteiger partial charge in [0.2, 0.25) is 0 Å².